The van der Waals surface area contributed by atoms with Crippen molar-refractivity contribution in [1.82, 2.24) is 10.2 Å². The maximum absolute atomic E-state index is 10.9. The molecule has 0 atom stereocenters. The second kappa shape index (κ2) is 8.97. The van der Waals surface area contributed by atoms with Gasteiger partial charge in [-0.2, -0.15) is 0 Å². The minimum Gasteiger partial charge on any atom is -0.466 e. The summed E-state index contributed by atoms with van der Waals surface area (Å²) in [7, 11) is 2.08. The maximum Gasteiger partial charge on any atom is 0.307 e. The number of carbonyl (C=O) groups is 1. The zero-order valence-corrected chi connectivity index (χ0v) is 9.51. The molecule has 0 saturated heterocycles. The van der Waals surface area contributed by atoms with Gasteiger partial charge in [-0.3, -0.25) is 4.79 Å². The first kappa shape index (κ1) is 13.4. The van der Waals surface area contributed by atoms with E-state index in [9.17, 15) is 4.79 Å². The number of hydrogen-bond acceptors (Lipinski definition) is 4. The molecule has 0 amide bonds. The van der Waals surface area contributed by atoms with E-state index in [1.807, 2.05) is 6.92 Å². The average molecular weight is 202 g/mol. The molecule has 0 aromatic heterocycles. The number of carbonyl (C=O) groups excluding carboxylic acids is 1. The van der Waals surface area contributed by atoms with Crippen molar-refractivity contribution < 1.29 is 9.53 Å². The molecule has 14 heavy (non-hydrogen) atoms. The SMILES string of the molecule is CCOC(=O)CCNCCN(C)CC. The lowest BCUT2D eigenvalue weighted by molar-refractivity contribution is -0.142. The number of nitrogens with zero attached hydrogens (tertiary/aromatic N) is 1. The van der Waals surface area contributed by atoms with E-state index < -0.39 is 0 Å². The summed E-state index contributed by atoms with van der Waals surface area (Å²) in [4.78, 5) is 13.1. The van der Waals surface area contributed by atoms with Crippen LogP contribution in [0.15, 0.2) is 0 Å². The molecule has 0 aliphatic rings. The van der Waals surface area contributed by atoms with Crippen molar-refractivity contribution in [3.63, 3.8) is 0 Å². The molecule has 0 rings (SSSR count). The molecule has 0 unspecified atom stereocenters. The maximum atomic E-state index is 10.9. The molecule has 4 nitrogen and oxygen atoms in total. The fourth-order valence-corrected chi connectivity index (χ4v) is 0.977. The average Bonchev–Trinajstić information content (AvgIpc) is 2.17. The summed E-state index contributed by atoms with van der Waals surface area (Å²) in [6, 6.07) is 0. The minimum atomic E-state index is -0.121. The van der Waals surface area contributed by atoms with Crippen LogP contribution >= 0.6 is 0 Å². The van der Waals surface area contributed by atoms with Gasteiger partial charge in [0.1, 0.15) is 0 Å². The first-order chi connectivity index (χ1) is 6.70. The Kier molecular flexibility index (Phi) is 8.57. The predicted octanol–water partition coefficient (Wildman–Crippen LogP) is 0.481. The van der Waals surface area contributed by atoms with Crippen LogP contribution < -0.4 is 5.32 Å². The summed E-state index contributed by atoms with van der Waals surface area (Å²) < 4.78 is 4.80. The summed E-state index contributed by atoms with van der Waals surface area (Å²) in [6.07, 6.45) is 0.462. The van der Waals surface area contributed by atoms with Crippen LogP contribution in [0.25, 0.3) is 0 Å². The molecule has 0 aromatic rings. The van der Waals surface area contributed by atoms with Crippen molar-refractivity contribution in [2.45, 2.75) is 20.3 Å². The Labute approximate surface area is 86.6 Å². The van der Waals surface area contributed by atoms with Crippen LogP contribution in [0.2, 0.25) is 0 Å². The van der Waals surface area contributed by atoms with Gasteiger partial charge in [0, 0.05) is 19.6 Å². The molecule has 84 valence electrons. The Morgan fingerprint density at radius 3 is 2.64 bits per heavy atom. The van der Waals surface area contributed by atoms with Crippen molar-refractivity contribution >= 4 is 5.97 Å². The van der Waals surface area contributed by atoms with Crippen molar-refractivity contribution in [2.75, 3.05) is 39.8 Å². The molecular formula is C10H22N2O2. The predicted molar refractivity (Wildman–Crippen MR) is 57.3 cm³/mol. The number of hydrogen-bond donors (Lipinski definition) is 1. The van der Waals surface area contributed by atoms with Gasteiger partial charge in [-0.1, -0.05) is 6.92 Å². The number of rotatable bonds is 8. The summed E-state index contributed by atoms with van der Waals surface area (Å²) in [5.41, 5.74) is 0. The van der Waals surface area contributed by atoms with E-state index in [0.717, 1.165) is 19.6 Å². The highest BCUT2D eigenvalue weighted by molar-refractivity contribution is 5.69. The van der Waals surface area contributed by atoms with Crippen LogP contribution in [0.5, 0.6) is 0 Å². The quantitative estimate of drug-likeness (QED) is 0.459. The zero-order valence-electron chi connectivity index (χ0n) is 9.51. The third kappa shape index (κ3) is 8.01. The van der Waals surface area contributed by atoms with Crippen LogP contribution in [0.3, 0.4) is 0 Å². The number of ether oxygens (including phenoxy) is 1. The van der Waals surface area contributed by atoms with Gasteiger partial charge in [-0.15, -0.1) is 0 Å². The van der Waals surface area contributed by atoms with E-state index >= 15 is 0 Å². The molecule has 0 radical (unpaired) electrons. The number of nitrogens with one attached hydrogen (secondary N) is 1. The first-order valence-electron chi connectivity index (χ1n) is 5.25. The third-order valence-electron chi connectivity index (χ3n) is 2.02. The van der Waals surface area contributed by atoms with Crippen molar-refractivity contribution in [2.24, 2.45) is 0 Å². The molecule has 0 aromatic carbocycles. The van der Waals surface area contributed by atoms with Crippen molar-refractivity contribution in [1.29, 1.82) is 0 Å². The molecule has 0 saturated carbocycles. The lowest BCUT2D eigenvalue weighted by Crippen LogP contribution is -2.30. The largest absolute Gasteiger partial charge is 0.466 e. The Morgan fingerprint density at radius 2 is 2.07 bits per heavy atom. The van der Waals surface area contributed by atoms with Crippen molar-refractivity contribution in [3.05, 3.63) is 0 Å². The second-order valence-electron chi connectivity index (χ2n) is 3.20. The molecule has 1 N–H and O–H groups in total. The first-order valence-corrected chi connectivity index (χ1v) is 5.25. The van der Waals surface area contributed by atoms with Gasteiger partial charge in [0.15, 0.2) is 0 Å². The highest BCUT2D eigenvalue weighted by atomic mass is 16.5. The van der Waals surface area contributed by atoms with Crippen LogP contribution in [-0.4, -0.2) is 50.7 Å². The summed E-state index contributed by atoms with van der Waals surface area (Å²) in [5.74, 6) is -0.121. The molecule has 0 aliphatic carbocycles. The zero-order chi connectivity index (χ0) is 10.8. The van der Waals surface area contributed by atoms with Crippen LogP contribution in [0.4, 0.5) is 0 Å². The lowest BCUT2D eigenvalue weighted by Gasteiger charge is -2.13. The standard InChI is InChI=1S/C10H22N2O2/c1-4-12(3)9-8-11-7-6-10(13)14-5-2/h11H,4-9H2,1-3H3. The highest BCUT2D eigenvalue weighted by Crippen LogP contribution is 1.84. The van der Waals surface area contributed by atoms with Gasteiger partial charge in [0.2, 0.25) is 0 Å². The molecular weight excluding hydrogens is 180 g/mol. The number of esters is 1. The van der Waals surface area contributed by atoms with Crippen molar-refractivity contribution in [3.8, 4) is 0 Å². The van der Waals surface area contributed by atoms with E-state index in [0.29, 0.717) is 19.6 Å². The fourth-order valence-electron chi connectivity index (χ4n) is 0.977. The van der Waals surface area contributed by atoms with E-state index in [-0.39, 0.29) is 5.97 Å². The topological polar surface area (TPSA) is 41.6 Å². The van der Waals surface area contributed by atoms with Gasteiger partial charge >= 0.3 is 5.97 Å². The molecule has 0 fully saturated rings. The molecule has 0 heterocycles. The van der Waals surface area contributed by atoms with Gasteiger partial charge < -0.3 is 15.0 Å². The smallest absolute Gasteiger partial charge is 0.307 e. The summed E-state index contributed by atoms with van der Waals surface area (Å²) in [5, 5.41) is 3.20. The normalized spacial score (nSPS) is 10.6. The molecule has 0 bridgehead atoms. The Bertz CT molecular complexity index is 151. The van der Waals surface area contributed by atoms with Crippen LogP contribution in [-0.2, 0) is 9.53 Å². The van der Waals surface area contributed by atoms with Crippen LogP contribution in [0, 0.1) is 0 Å². The van der Waals surface area contributed by atoms with Gasteiger partial charge in [0.25, 0.3) is 0 Å². The highest BCUT2D eigenvalue weighted by Gasteiger charge is 2.00. The Morgan fingerprint density at radius 1 is 1.36 bits per heavy atom. The van der Waals surface area contributed by atoms with Gasteiger partial charge in [0.05, 0.1) is 13.0 Å². The van der Waals surface area contributed by atoms with E-state index in [1.54, 1.807) is 0 Å². The monoisotopic (exact) mass is 202 g/mol. The number of likely N-dealkylation sites (N-methyl/N-ethyl adjacent to an activating group) is 1. The van der Waals surface area contributed by atoms with Gasteiger partial charge in [-0.25, -0.2) is 0 Å². The fraction of sp³-hybridized carbons (Fsp3) is 0.900. The molecule has 4 heteroatoms. The van der Waals surface area contributed by atoms with E-state index in [1.165, 1.54) is 0 Å². The summed E-state index contributed by atoms with van der Waals surface area (Å²) in [6.45, 7) is 8.11. The van der Waals surface area contributed by atoms with E-state index in [2.05, 4.69) is 24.2 Å². The molecule has 0 spiro atoms. The van der Waals surface area contributed by atoms with E-state index in [4.69, 9.17) is 4.74 Å². The second-order valence-corrected chi connectivity index (χ2v) is 3.20. The van der Waals surface area contributed by atoms with Gasteiger partial charge in [-0.05, 0) is 20.5 Å². The Hall–Kier alpha value is -0.610. The van der Waals surface area contributed by atoms with Crippen LogP contribution in [0.1, 0.15) is 20.3 Å². The minimum absolute atomic E-state index is 0.121. The molecule has 0 aliphatic heterocycles. The summed E-state index contributed by atoms with van der Waals surface area (Å²) >= 11 is 0. The lowest BCUT2D eigenvalue weighted by atomic mass is 10.4. The Balaban J connectivity index is 3.17. The third-order valence-corrected chi connectivity index (χ3v) is 2.02.